The molecule has 1 aliphatic rings. The maximum Gasteiger partial charge on any atom is 0.150 e. The standard InChI is InChI=1S/C21H24O2/c1-2-16-3-7-18(8-4-16)19-11-13-21(23,14-12-19)20-9-5-17(15-22)6-10-20/h3-10,15,19,23H,2,11-14H2,1H3. The first-order valence-electron chi connectivity index (χ1n) is 8.51. The largest absolute Gasteiger partial charge is 0.385 e. The highest BCUT2D eigenvalue weighted by atomic mass is 16.3. The molecule has 2 nitrogen and oxygen atoms in total. The molecule has 0 bridgehead atoms. The van der Waals surface area contributed by atoms with Crippen LogP contribution in [0.1, 0.15) is 65.6 Å². The maximum absolute atomic E-state index is 11.0. The molecule has 0 spiro atoms. The molecule has 0 saturated heterocycles. The van der Waals surface area contributed by atoms with Crippen LogP contribution in [-0.4, -0.2) is 11.4 Å². The van der Waals surface area contributed by atoms with Crippen molar-refractivity contribution in [3.63, 3.8) is 0 Å². The van der Waals surface area contributed by atoms with E-state index in [1.165, 1.54) is 11.1 Å². The zero-order chi connectivity index (χ0) is 16.3. The molecule has 1 fully saturated rings. The number of hydrogen-bond acceptors (Lipinski definition) is 2. The van der Waals surface area contributed by atoms with E-state index in [0.717, 1.165) is 44.0 Å². The number of aryl methyl sites for hydroxylation is 1. The molecule has 0 heterocycles. The minimum absolute atomic E-state index is 0.537. The molecule has 0 atom stereocenters. The lowest BCUT2D eigenvalue weighted by Gasteiger charge is -2.36. The van der Waals surface area contributed by atoms with E-state index in [0.29, 0.717) is 11.5 Å². The molecule has 2 heteroatoms. The van der Waals surface area contributed by atoms with Crippen molar-refractivity contribution in [3.8, 4) is 0 Å². The molecule has 0 aliphatic heterocycles. The third kappa shape index (κ3) is 3.37. The van der Waals surface area contributed by atoms with Gasteiger partial charge in [-0.1, -0.05) is 55.5 Å². The van der Waals surface area contributed by atoms with Gasteiger partial charge in [0.25, 0.3) is 0 Å². The summed E-state index contributed by atoms with van der Waals surface area (Å²) < 4.78 is 0. The zero-order valence-electron chi connectivity index (χ0n) is 13.7. The topological polar surface area (TPSA) is 37.3 Å². The van der Waals surface area contributed by atoms with Crippen LogP contribution in [0.4, 0.5) is 0 Å². The average molecular weight is 308 g/mol. The first-order valence-corrected chi connectivity index (χ1v) is 8.51. The molecular weight excluding hydrogens is 284 g/mol. The van der Waals surface area contributed by atoms with Crippen molar-refractivity contribution in [1.82, 2.24) is 0 Å². The first kappa shape index (κ1) is 15.9. The highest BCUT2D eigenvalue weighted by molar-refractivity contribution is 5.74. The average Bonchev–Trinajstić information content (AvgIpc) is 2.62. The highest BCUT2D eigenvalue weighted by Crippen LogP contribution is 2.43. The molecule has 2 aromatic rings. The fourth-order valence-corrected chi connectivity index (χ4v) is 3.61. The second kappa shape index (κ2) is 6.67. The summed E-state index contributed by atoms with van der Waals surface area (Å²) in [5.41, 5.74) is 3.60. The maximum atomic E-state index is 11.0. The van der Waals surface area contributed by atoms with Crippen molar-refractivity contribution in [1.29, 1.82) is 0 Å². The van der Waals surface area contributed by atoms with Gasteiger partial charge >= 0.3 is 0 Å². The van der Waals surface area contributed by atoms with Gasteiger partial charge in [-0.25, -0.2) is 0 Å². The minimum atomic E-state index is -0.749. The molecule has 1 aliphatic carbocycles. The Morgan fingerprint density at radius 2 is 1.65 bits per heavy atom. The van der Waals surface area contributed by atoms with Gasteiger partial charge in [0.1, 0.15) is 6.29 Å². The summed E-state index contributed by atoms with van der Waals surface area (Å²) in [7, 11) is 0. The number of aldehydes is 1. The van der Waals surface area contributed by atoms with E-state index in [-0.39, 0.29) is 0 Å². The molecule has 1 N–H and O–H groups in total. The van der Waals surface area contributed by atoms with Gasteiger partial charge in [0.15, 0.2) is 0 Å². The predicted molar refractivity (Wildman–Crippen MR) is 92.8 cm³/mol. The normalized spacial score (nSPS) is 24.3. The van der Waals surface area contributed by atoms with Gasteiger partial charge in [-0.3, -0.25) is 4.79 Å². The Bertz CT molecular complexity index is 647. The van der Waals surface area contributed by atoms with Crippen LogP contribution in [-0.2, 0) is 12.0 Å². The van der Waals surface area contributed by atoms with Crippen LogP contribution in [0.2, 0.25) is 0 Å². The molecule has 120 valence electrons. The van der Waals surface area contributed by atoms with Crippen molar-refractivity contribution in [2.75, 3.05) is 0 Å². The molecule has 0 amide bonds. The summed E-state index contributed by atoms with van der Waals surface area (Å²) >= 11 is 0. The van der Waals surface area contributed by atoms with Crippen LogP contribution in [0.15, 0.2) is 48.5 Å². The van der Waals surface area contributed by atoms with Gasteiger partial charge in [-0.15, -0.1) is 0 Å². The lowest BCUT2D eigenvalue weighted by Crippen LogP contribution is -2.30. The molecule has 0 aromatic heterocycles. The van der Waals surface area contributed by atoms with Gasteiger partial charge in [0.05, 0.1) is 5.60 Å². The van der Waals surface area contributed by atoms with Crippen molar-refractivity contribution in [2.24, 2.45) is 0 Å². The number of benzene rings is 2. The Hall–Kier alpha value is -1.93. The zero-order valence-corrected chi connectivity index (χ0v) is 13.7. The Balaban J connectivity index is 1.69. The Labute approximate surface area is 138 Å². The molecule has 1 saturated carbocycles. The van der Waals surface area contributed by atoms with Gasteiger partial charge in [-0.05, 0) is 54.7 Å². The lowest BCUT2D eigenvalue weighted by atomic mass is 9.73. The first-order chi connectivity index (χ1) is 11.1. The number of rotatable bonds is 4. The van der Waals surface area contributed by atoms with Crippen LogP contribution in [0.25, 0.3) is 0 Å². The smallest absolute Gasteiger partial charge is 0.150 e. The molecule has 0 unspecified atom stereocenters. The fourth-order valence-electron chi connectivity index (χ4n) is 3.61. The minimum Gasteiger partial charge on any atom is -0.385 e. The molecule has 0 radical (unpaired) electrons. The van der Waals surface area contributed by atoms with E-state index < -0.39 is 5.60 Å². The summed E-state index contributed by atoms with van der Waals surface area (Å²) in [6.07, 6.45) is 5.45. The Morgan fingerprint density at radius 3 is 2.17 bits per heavy atom. The molecule has 2 aromatic carbocycles. The summed E-state index contributed by atoms with van der Waals surface area (Å²) in [5.74, 6) is 0.537. The van der Waals surface area contributed by atoms with Crippen molar-refractivity contribution in [3.05, 3.63) is 70.8 Å². The third-order valence-corrected chi connectivity index (χ3v) is 5.26. The predicted octanol–water partition coefficient (Wildman–Crippen LogP) is 4.61. The van der Waals surface area contributed by atoms with Crippen LogP contribution in [0.5, 0.6) is 0 Å². The lowest BCUT2D eigenvalue weighted by molar-refractivity contribution is -0.00567. The van der Waals surface area contributed by atoms with Crippen LogP contribution in [0, 0.1) is 0 Å². The Kier molecular flexibility index (Phi) is 4.63. The number of carbonyl (C=O) groups is 1. The van der Waals surface area contributed by atoms with Gasteiger partial charge in [-0.2, -0.15) is 0 Å². The SMILES string of the molecule is CCc1ccc(C2CCC(O)(c3ccc(C=O)cc3)CC2)cc1. The van der Waals surface area contributed by atoms with Crippen LogP contribution < -0.4 is 0 Å². The third-order valence-electron chi connectivity index (χ3n) is 5.26. The van der Waals surface area contributed by atoms with E-state index in [2.05, 4.69) is 31.2 Å². The quantitative estimate of drug-likeness (QED) is 0.838. The molecule has 3 rings (SSSR count). The number of hydrogen-bond donors (Lipinski definition) is 1. The van der Waals surface area contributed by atoms with E-state index in [9.17, 15) is 9.90 Å². The van der Waals surface area contributed by atoms with E-state index in [1.807, 2.05) is 12.1 Å². The van der Waals surface area contributed by atoms with E-state index in [4.69, 9.17) is 0 Å². The second-order valence-corrected chi connectivity index (χ2v) is 6.64. The fraction of sp³-hybridized carbons (Fsp3) is 0.381. The molecular formula is C21H24O2. The van der Waals surface area contributed by atoms with Crippen LogP contribution >= 0.6 is 0 Å². The van der Waals surface area contributed by atoms with E-state index in [1.54, 1.807) is 12.1 Å². The van der Waals surface area contributed by atoms with E-state index >= 15 is 0 Å². The monoisotopic (exact) mass is 308 g/mol. The molecule has 23 heavy (non-hydrogen) atoms. The van der Waals surface area contributed by atoms with Crippen molar-refractivity contribution in [2.45, 2.75) is 50.5 Å². The Morgan fingerprint density at radius 1 is 1.04 bits per heavy atom. The van der Waals surface area contributed by atoms with Gasteiger partial charge in [0.2, 0.25) is 0 Å². The summed E-state index contributed by atoms with van der Waals surface area (Å²) in [6, 6.07) is 16.3. The van der Waals surface area contributed by atoms with Crippen molar-refractivity contribution < 1.29 is 9.90 Å². The highest BCUT2D eigenvalue weighted by Gasteiger charge is 2.35. The van der Waals surface area contributed by atoms with Crippen molar-refractivity contribution >= 4 is 6.29 Å². The number of carbonyl (C=O) groups excluding carboxylic acids is 1. The summed E-state index contributed by atoms with van der Waals surface area (Å²) in [4.78, 5) is 10.8. The second-order valence-electron chi connectivity index (χ2n) is 6.64. The number of aliphatic hydroxyl groups is 1. The van der Waals surface area contributed by atoms with Gasteiger partial charge < -0.3 is 5.11 Å². The van der Waals surface area contributed by atoms with Crippen LogP contribution in [0.3, 0.4) is 0 Å². The summed E-state index contributed by atoms with van der Waals surface area (Å²) in [6.45, 7) is 2.17. The summed E-state index contributed by atoms with van der Waals surface area (Å²) in [5, 5.41) is 11.0. The van der Waals surface area contributed by atoms with Gasteiger partial charge in [0, 0.05) is 5.56 Å².